The second-order valence-corrected chi connectivity index (χ2v) is 4.96. The first-order valence-electron chi connectivity index (χ1n) is 5.21. The zero-order valence-electron chi connectivity index (χ0n) is 9.63. The quantitative estimate of drug-likeness (QED) is 0.869. The van der Waals surface area contributed by atoms with E-state index in [0.29, 0.717) is 10.3 Å². The Hall–Kier alpha value is -0.910. The van der Waals surface area contributed by atoms with E-state index in [1.54, 1.807) is 6.07 Å². The van der Waals surface area contributed by atoms with Crippen molar-refractivity contribution in [1.29, 1.82) is 0 Å². The molecule has 0 aliphatic heterocycles. The van der Waals surface area contributed by atoms with Gasteiger partial charge in [0.1, 0.15) is 5.82 Å². The number of benzene rings is 1. The van der Waals surface area contributed by atoms with Gasteiger partial charge in [-0.1, -0.05) is 11.6 Å². The predicted molar refractivity (Wildman–Crippen MR) is 70.6 cm³/mol. The van der Waals surface area contributed by atoms with E-state index in [2.05, 4.69) is 9.88 Å². The van der Waals surface area contributed by atoms with Crippen LogP contribution in [0.5, 0.6) is 0 Å². The van der Waals surface area contributed by atoms with Gasteiger partial charge in [-0.2, -0.15) is 0 Å². The van der Waals surface area contributed by atoms with Crippen LogP contribution in [-0.2, 0) is 6.54 Å². The SMILES string of the molecule is CN(C)CCn1c(=S)[nH]c2cc(F)c(Cl)cc21. The zero-order chi connectivity index (χ0) is 12.6. The van der Waals surface area contributed by atoms with Crippen LogP contribution in [0.1, 0.15) is 0 Å². The molecule has 0 radical (unpaired) electrons. The lowest BCUT2D eigenvalue weighted by Crippen LogP contribution is -2.18. The third kappa shape index (κ3) is 2.51. The molecule has 0 aliphatic carbocycles. The normalized spacial score (nSPS) is 11.6. The minimum Gasteiger partial charge on any atom is -0.330 e. The van der Waals surface area contributed by atoms with Gasteiger partial charge in [0.2, 0.25) is 0 Å². The maximum atomic E-state index is 13.3. The molecule has 0 saturated heterocycles. The van der Waals surface area contributed by atoms with Crippen LogP contribution in [0.2, 0.25) is 5.02 Å². The smallest absolute Gasteiger partial charge is 0.178 e. The summed E-state index contributed by atoms with van der Waals surface area (Å²) in [5.41, 5.74) is 1.51. The van der Waals surface area contributed by atoms with Gasteiger partial charge in [0.15, 0.2) is 4.77 Å². The first-order chi connectivity index (χ1) is 7.99. The fourth-order valence-corrected chi connectivity index (χ4v) is 2.13. The molecule has 6 heteroatoms. The second-order valence-electron chi connectivity index (χ2n) is 4.17. The largest absolute Gasteiger partial charge is 0.330 e. The number of nitrogens with zero attached hydrogens (tertiary/aromatic N) is 2. The van der Waals surface area contributed by atoms with Gasteiger partial charge in [-0.25, -0.2) is 4.39 Å². The summed E-state index contributed by atoms with van der Waals surface area (Å²) in [4.78, 5) is 5.04. The van der Waals surface area contributed by atoms with Crippen LogP contribution >= 0.6 is 23.8 Å². The number of H-pyrrole nitrogens is 1. The molecule has 0 saturated carbocycles. The van der Waals surface area contributed by atoms with Crippen molar-refractivity contribution in [2.45, 2.75) is 6.54 Å². The Labute approximate surface area is 109 Å². The molecule has 0 fully saturated rings. The van der Waals surface area contributed by atoms with Crippen molar-refractivity contribution in [2.75, 3.05) is 20.6 Å². The van der Waals surface area contributed by atoms with Gasteiger partial charge in [0, 0.05) is 19.2 Å². The number of likely N-dealkylation sites (N-methyl/N-ethyl adjacent to an activating group) is 1. The molecule has 17 heavy (non-hydrogen) atoms. The molecular weight excluding hydrogens is 261 g/mol. The molecular formula is C11H13ClFN3S. The topological polar surface area (TPSA) is 24.0 Å². The van der Waals surface area contributed by atoms with E-state index < -0.39 is 5.82 Å². The lowest BCUT2D eigenvalue weighted by atomic mass is 10.3. The molecule has 0 unspecified atom stereocenters. The van der Waals surface area contributed by atoms with Crippen molar-refractivity contribution >= 4 is 34.9 Å². The average molecular weight is 274 g/mol. The van der Waals surface area contributed by atoms with Crippen LogP contribution in [-0.4, -0.2) is 35.1 Å². The summed E-state index contributed by atoms with van der Waals surface area (Å²) in [6, 6.07) is 2.98. The van der Waals surface area contributed by atoms with E-state index in [9.17, 15) is 4.39 Å². The summed E-state index contributed by atoms with van der Waals surface area (Å²) in [5.74, 6) is -0.435. The summed E-state index contributed by atoms with van der Waals surface area (Å²) in [6.07, 6.45) is 0. The molecule has 0 amide bonds. The number of aromatic nitrogens is 2. The first kappa shape index (κ1) is 12.5. The van der Waals surface area contributed by atoms with Crippen LogP contribution in [0.3, 0.4) is 0 Å². The Kier molecular flexibility index (Phi) is 3.51. The Balaban J connectivity index is 2.51. The number of aromatic amines is 1. The highest BCUT2D eigenvalue weighted by Crippen LogP contribution is 2.22. The van der Waals surface area contributed by atoms with Gasteiger partial charge >= 0.3 is 0 Å². The molecule has 0 bridgehead atoms. The minimum absolute atomic E-state index is 0.116. The molecule has 1 aromatic heterocycles. The zero-order valence-corrected chi connectivity index (χ0v) is 11.2. The molecule has 2 rings (SSSR count). The molecule has 0 aliphatic rings. The van der Waals surface area contributed by atoms with Crippen molar-refractivity contribution in [3.05, 3.63) is 27.7 Å². The molecule has 0 atom stereocenters. The Bertz CT molecular complexity index is 603. The fraction of sp³-hybridized carbons (Fsp3) is 0.364. The van der Waals surface area contributed by atoms with Gasteiger partial charge in [-0.15, -0.1) is 0 Å². The van der Waals surface area contributed by atoms with Crippen LogP contribution < -0.4 is 0 Å². The van der Waals surface area contributed by atoms with Crippen molar-refractivity contribution in [3.63, 3.8) is 0 Å². The number of imidazole rings is 1. The predicted octanol–water partition coefficient (Wildman–Crippen LogP) is 3.05. The number of hydrogen-bond donors (Lipinski definition) is 1. The van der Waals surface area contributed by atoms with E-state index in [0.717, 1.165) is 18.6 Å². The number of hydrogen-bond acceptors (Lipinski definition) is 2. The minimum atomic E-state index is -0.435. The highest BCUT2D eigenvalue weighted by Gasteiger charge is 2.08. The Morgan fingerprint density at radius 2 is 2.18 bits per heavy atom. The summed E-state index contributed by atoms with van der Waals surface area (Å²) >= 11 is 11.0. The summed E-state index contributed by atoms with van der Waals surface area (Å²) in [7, 11) is 3.98. The Morgan fingerprint density at radius 3 is 2.82 bits per heavy atom. The maximum absolute atomic E-state index is 13.3. The molecule has 1 heterocycles. The Morgan fingerprint density at radius 1 is 1.47 bits per heavy atom. The number of fused-ring (bicyclic) bond motifs is 1. The standard InChI is InChI=1S/C11H13ClFN3S/c1-15(2)3-4-16-10-5-7(12)8(13)6-9(10)14-11(16)17/h5-6H,3-4H2,1-2H3,(H,14,17). The van der Waals surface area contributed by atoms with Gasteiger partial charge in [-0.3, -0.25) is 0 Å². The van der Waals surface area contributed by atoms with Crippen molar-refractivity contribution in [2.24, 2.45) is 0 Å². The highest BCUT2D eigenvalue weighted by molar-refractivity contribution is 7.71. The van der Waals surface area contributed by atoms with Crippen molar-refractivity contribution in [1.82, 2.24) is 14.5 Å². The maximum Gasteiger partial charge on any atom is 0.178 e. The summed E-state index contributed by atoms with van der Waals surface area (Å²) < 4.78 is 15.8. The number of halogens is 2. The van der Waals surface area contributed by atoms with Crippen LogP contribution in [0.25, 0.3) is 11.0 Å². The highest BCUT2D eigenvalue weighted by atomic mass is 35.5. The third-order valence-electron chi connectivity index (χ3n) is 2.59. The fourth-order valence-electron chi connectivity index (χ4n) is 1.67. The molecule has 1 N–H and O–H groups in total. The van der Waals surface area contributed by atoms with Gasteiger partial charge in [0.05, 0.1) is 16.1 Å². The second kappa shape index (κ2) is 4.76. The van der Waals surface area contributed by atoms with Gasteiger partial charge < -0.3 is 14.5 Å². The molecule has 92 valence electrons. The molecule has 0 spiro atoms. The molecule has 2 aromatic rings. The van der Waals surface area contributed by atoms with Gasteiger partial charge in [-0.05, 0) is 32.4 Å². The third-order valence-corrected chi connectivity index (χ3v) is 3.20. The molecule has 3 nitrogen and oxygen atoms in total. The summed E-state index contributed by atoms with van der Waals surface area (Å²) in [5, 5.41) is 0.116. The van der Waals surface area contributed by atoms with E-state index >= 15 is 0 Å². The van der Waals surface area contributed by atoms with E-state index in [4.69, 9.17) is 23.8 Å². The van der Waals surface area contributed by atoms with Crippen LogP contribution in [0.15, 0.2) is 12.1 Å². The molecule has 1 aromatic carbocycles. The van der Waals surface area contributed by atoms with Crippen LogP contribution in [0, 0.1) is 10.6 Å². The van der Waals surface area contributed by atoms with Crippen LogP contribution in [0.4, 0.5) is 4.39 Å². The van der Waals surface area contributed by atoms with E-state index in [-0.39, 0.29) is 5.02 Å². The lowest BCUT2D eigenvalue weighted by Gasteiger charge is -2.10. The lowest BCUT2D eigenvalue weighted by molar-refractivity contribution is 0.385. The van der Waals surface area contributed by atoms with Gasteiger partial charge in [0.25, 0.3) is 0 Å². The van der Waals surface area contributed by atoms with Crippen molar-refractivity contribution < 1.29 is 4.39 Å². The van der Waals surface area contributed by atoms with Crippen molar-refractivity contribution in [3.8, 4) is 0 Å². The number of nitrogens with one attached hydrogen (secondary N) is 1. The first-order valence-corrected chi connectivity index (χ1v) is 6.00. The summed E-state index contributed by atoms with van der Waals surface area (Å²) in [6.45, 7) is 1.60. The monoisotopic (exact) mass is 273 g/mol. The number of rotatable bonds is 3. The van der Waals surface area contributed by atoms with E-state index in [1.807, 2.05) is 18.7 Å². The van der Waals surface area contributed by atoms with E-state index in [1.165, 1.54) is 6.07 Å². The average Bonchev–Trinajstić information content (AvgIpc) is 2.52.